The Morgan fingerprint density at radius 1 is 1.19 bits per heavy atom. The second-order valence-electron chi connectivity index (χ2n) is 7.44. The van der Waals surface area contributed by atoms with Gasteiger partial charge in [0.2, 0.25) is 0 Å². The molecule has 2 heterocycles. The average Bonchev–Trinajstić information content (AvgIpc) is 2.68. The molecular formula is C20H31N3O2S. The van der Waals surface area contributed by atoms with Crippen molar-refractivity contribution in [3.8, 4) is 0 Å². The minimum absolute atomic E-state index is 0.0303. The maximum absolute atomic E-state index is 12.6. The van der Waals surface area contributed by atoms with Crippen LogP contribution in [0.15, 0.2) is 30.3 Å². The van der Waals surface area contributed by atoms with Crippen molar-refractivity contribution in [3.63, 3.8) is 0 Å². The molecule has 0 aliphatic carbocycles. The molecular weight excluding hydrogens is 346 g/mol. The van der Waals surface area contributed by atoms with Gasteiger partial charge in [0, 0.05) is 44.5 Å². The molecule has 144 valence electrons. The molecule has 0 bridgehead atoms. The van der Waals surface area contributed by atoms with Crippen molar-refractivity contribution in [1.29, 1.82) is 0 Å². The van der Waals surface area contributed by atoms with Gasteiger partial charge < -0.3 is 20.2 Å². The first-order valence-corrected chi connectivity index (χ1v) is 11.0. The number of piperidine rings is 2. The lowest BCUT2D eigenvalue weighted by molar-refractivity contribution is -0.0171. The Morgan fingerprint density at radius 3 is 2.46 bits per heavy atom. The number of benzene rings is 1. The first-order chi connectivity index (χ1) is 12.6. The Morgan fingerprint density at radius 2 is 1.85 bits per heavy atom. The Bertz CT molecular complexity index is 568. The summed E-state index contributed by atoms with van der Waals surface area (Å²) >= 11 is 1.89. The number of amides is 2. The van der Waals surface area contributed by atoms with Crippen LogP contribution in [0, 0.1) is 0 Å². The van der Waals surface area contributed by atoms with Crippen molar-refractivity contribution in [2.45, 2.75) is 37.3 Å². The first-order valence-electron chi connectivity index (χ1n) is 9.65. The van der Waals surface area contributed by atoms with Crippen molar-refractivity contribution >= 4 is 17.8 Å². The van der Waals surface area contributed by atoms with Gasteiger partial charge in [-0.25, -0.2) is 4.79 Å². The normalized spacial score (nSPS) is 21.5. The van der Waals surface area contributed by atoms with E-state index in [-0.39, 0.29) is 12.1 Å². The van der Waals surface area contributed by atoms with E-state index in [1.54, 1.807) is 0 Å². The number of hydrogen-bond acceptors (Lipinski definition) is 4. The lowest BCUT2D eigenvalue weighted by atomic mass is 9.84. The third-order valence-electron chi connectivity index (χ3n) is 5.72. The van der Waals surface area contributed by atoms with Crippen LogP contribution in [0.2, 0.25) is 0 Å². The zero-order chi connectivity index (χ0) is 18.4. The van der Waals surface area contributed by atoms with Gasteiger partial charge in [0.15, 0.2) is 0 Å². The molecule has 2 aliphatic rings. The summed E-state index contributed by atoms with van der Waals surface area (Å²) in [6, 6.07) is 10.1. The first kappa shape index (κ1) is 19.5. The van der Waals surface area contributed by atoms with Gasteiger partial charge in [-0.1, -0.05) is 30.3 Å². The van der Waals surface area contributed by atoms with Crippen molar-refractivity contribution < 1.29 is 9.90 Å². The molecule has 1 aromatic carbocycles. The van der Waals surface area contributed by atoms with E-state index < -0.39 is 5.60 Å². The number of rotatable bonds is 5. The maximum Gasteiger partial charge on any atom is 0.317 e. The standard InChI is InChI=1S/C20H31N3O2S/c1-26-16-15-22-11-7-18(8-12-22)21-19(24)23-13-9-20(25,10-14-23)17-5-3-2-4-6-17/h2-6,18,25H,7-16H2,1H3,(H,21,24). The molecule has 2 amide bonds. The fourth-order valence-corrected chi connectivity index (χ4v) is 4.34. The largest absolute Gasteiger partial charge is 0.385 e. The fraction of sp³-hybridized carbons (Fsp3) is 0.650. The van der Waals surface area contributed by atoms with Crippen LogP contribution in [-0.2, 0) is 5.60 Å². The predicted octanol–water partition coefficient (Wildman–Crippen LogP) is 2.51. The van der Waals surface area contributed by atoms with E-state index in [2.05, 4.69) is 16.5 Å². The number of carbonyl (C=O) groups excluding carboxylic acids is 1. The lowest BCUT2D eigenvalue weighted by Crippen LogP contribution is -2.53. The molecule has 0 saturated carbocycles. The second-order valence-corrected chi connectivity index (χ2v) is 8.43. The van der Waals surface area contributed by atoms with Crippen molar-refractivity contribution in [2.24, 2.45) is 0 Å². The van der Waals surface area contributed by atoms with Crippen LogP contribution < -0.4 is 5.32 Å². The van der Waals surface area contributed by atoms with E-state index in [0.29, 0.717) is 25.9 Å². The highest BCUT2D eigenvalue weighted by Crippen LogP contribution is 2.32. The molecule has 0 unspecified atom stereocenters. The number of nitrogens with zero attached hydrogens (tertiary/aromatic N) is 2. The minimum Gasteiger partial charge on any atom is -0.385 e. The van der Waals surface area contributed by atoms with Gasteiger partial charge in [-0.3, -0.25) is 0 Å². The molecule has 5 nitrogen and oxygen atoms in total. The summed E-state index contributed by atoms with van der Waals surface area (Å²) in [6.45, 7) is 4.48. The topological polar surface area (TPSA) is 55.8 Å². The third kappa shape index (κ3) is 4.93. The van der Waals surface area contributed by atoms with Crippen molar-refractivity contribution in [2.75, 3.05) is 44.7 Å². The quantitative estimate of drug-likeness (QED) is 0.828. The summed E-state index contributed by atoms with van der Waals surface area (Å²) in [7, 11) is 0. The van der Waals surface area contributed by atoms with Gasteiger partial charge in [-0.2, -0.15) is 11.8 Å². The average molecular weight is 378 g/mol. The van der Waals surface area contributed by atoms with E-state index in [1.807, 2.05) is 47.0 Å². The molecule has 6 heteroatoms. The molecule has 0 atom stereocenters. The summed E-state index contributed by atoms with van der Waals surface area (Å²) in [5.41, 5.74) is 0.151. The highest BCUT2D eigenvalue weighted by Gasteiger charge is 2.35. The minimum atomic E-state index is -0.805. The summed E-state index contributed by atoms with van der Waals surface area (Å²) < 4.78 is 0. The van der Waals surface area contributed by atoms with Crippen LogP contribution in [-0.4, -0.2) is 71.7 Å². The number of nitrogens with one attached hydrogen (secondary N) is 1. The molecule has 0 radical (unpaired) electrons. The monoisotopic (exact) mass is 377 g/mol. The summed E-state index contributed by atoms with van der Waals surface area (Å²) in [5.74, 6) is 1.18. The van der Waals surface area contributed by atoms with Gasteiger partial charge in [0.25, 0.3) is 0 Å². The van der Waals surface area contributed by atoms with Gasteiger partial charge in [0.05, 0.1) is 5.60 Å². The summed E-state index contributed by atoms with van der Waals surface area (Å²) in [5, 5.41) is 14.1. The van der Waals surface area contributed by atoms with Crippen LogP contribution in [0.4, 0.5) is 4.79 Å². The third-order valence-corrected chi connectivity index (χ3v) is 6.31. The van der Waals surface area contributed by atoms with Gasteiger partial charge >= 0.3 is 6.03 Å². The number of aliphatic hydroxyl groups is 1. The van der Waals surface area contributed by atoms with Crippen LogP contribution in [0.5, 0.6) is 0 Å². The van der Waals surface area contributed by atoms with E-state index in [9.17, 15) is 9.90 Å². The van der Waals surface area contributed by atoms with Crippen molar-refractivity contribution in [3.05, 3.63) is 35.9 Å². The highest BCUT2D eigenvalue weighted by molar-refractivity contribution is 7.98. The van der Waals surface area contributed by atoms with Gasteiger partial charge in [-0.15, -0.1) is 0 Å². The van der Waals surface area contributed by atoms with Crippen LogP contribution in [0.1, 0.15) is 31.2 Å². The van der Waals surface area contributed by atoms with E-state index in [4.69, 9.17) is 0 Å². The Balaban J connectivity index is 1.43. The molecule has 2 N–H and O–H groups in total. The Labute approximate surface area is 161 Å². The SMILES string of the molecule is CSCCN1CCC(NC(=O)N2CCC(O)(c3ccccc3)CC2)CC1. The number of urea groups is 1. The number of hydrogen-bond donors (Lipinski definition) is 2. The van der Waals surface area contributed by atoms with E-state index in [0.717, 1.165) is 38.0 Å². The molecule has 0 aromatic heterocycles. The zero-order valence-corrected chi connectivity index (χ0v) is 16.5. The predicted molar refractivity (Wildman–Crippen MR) is 108 cm³/mol. The van der Waals surface area contributed by atoms with Gasteiger partial charge in [-0.05, 0) is 37.5 Å². The molecule has 2 saturated heterocycles. The fourth-order valence-electron chi connectivity index (χ4n) is 3.90. The van der Waals surface area contributed by atoms with Crippen LogP contribution in [0.3, 0.4) is 0 Å². The molecule has 1 aromatic rings. The number of thioether (sulfide) groups is 1. The number of likely N-dealkylation sites (tertiary alicyclic amines) is 2. The Kier molecular flexibility index (Phi) is 6.84. The zero-order valence-electron chi connectivity index (χ0n) is 15.7. The highest BCUT2D eigenvalue weighted by atomic mass is 32.2. The number of carbonyl (C=O) groups is 1. The Hall–Kier alpha value is -1.24. The molecule has 0 spiro atoms. The molecule has 3 rings (SSSR count). The molecule has 26 heavy (non-hydrogen) atoms. The summed E-state index contributed by atoms with van der Waals surface area (Å²) in [4.78, 5) is 16.9. The molecule has 2 aliphatic heterocycles. The van der Waals surface area contributed by atoms with Crippen LogP contribution >= 0.6 is 11.8 Å². The smallest absolute Gasteiger partial charge is 0.317 e. The van der Waals surface area contributed by atoms with E-state index >= 15 is 0 Å². The molecule has 2 fully saturated rings. The van der Waals surface area contributed by atoms with Gasteiger partial charge in [0.1, 0.15) is 0 Å². The maximum atomic E-state index is 12.6. The summed E-state index contributed by atoms with van der Waals surface area (Å²) in [6.07, 6.45) is 5.39. The lowest BCUT2D eigenvalue weighted by Gasteiger charge is -2.39. The second kappa shape index (κ2) is 9.11. The van der Waals surface area contributed by atoms with Crippen LogP contribution in [0.25, 0.3) is 0 Å². The van der Waals surface area contributed by atoms with Crippen molar-refractivity contribution in [1.82, 2.24) is 15.1 Å². The van der Waals surface area contributed by atoms with E-state index in [1.165, 1.54) is 5.75 Å².